The molecule has 0 fully saturated rings. The third kappa shape index (κ3) is 5.53. The molecule has 0 spiro atoms. The van der Waals surface area contributed by atoms with Gasteiger partial charge in [-0.15, -0.1) is 0 Å². The van der Waals surface area contributed by atoms with Gasteiger partial charge < -0.3 is 0 Å². The van der Waals surface area contributed by atoms with Crippen LogP contribution in [0.15, 0.2) is 86.0 Å². The molecule has 17 heavy (non-hydrogen) atoms. The average molecular weight is 222 g/mol. The highest BCUT2D eigenvalue weighted by molar-refractivity contribution is 5.25. The third-order valence-electron chi connectivity index (χ3n) is 2.26. The van der Waals surface area contributed by atoms with E-state index in [1.54, 1.807) is 12.2 Å². The van der Waals surface area contributed by atoms with Crippen molar-refractivity contribution in [3.05, 3.63) is 97.1 Å². The summed E-state index contributed by atoms with van der Waals surface area (Å²) in [7, 11) is 0. The summed E-state index contributed by atoms with van der Waals surface area (Å²) < 4.78 is 0. The topological polar surface area (TPSA) is 0 Å². The Kier molecular flexibility index (Phi) is 6.20. The highest BCUT2D eigenvalue weighted by Gasteiger charge is 1.92. The number of hydrogen-bond donors (Lipinski definition) is 0. The van der Waals surface area contributed by atoms with E-state index in [1.165, 1.54) is 11.1 Å². The Morgan fingerprint density at radius 2 is 1.00 bits per heavy atom. The van der Waals surface area contributed by atoms with Crippen LogP contribution in [0.25, 0.3) is 0 Å². The van der Waals surface area contributed by atoms with Crippen LogP contribution in [0.1, 0.15) is 11.1 Å². The van der Waals surface area contributed by atoms with Gasteiger partial charge >= 0.3 is 0 Å². The van der Waals surface area contributed by atoms with Gasteiger partial charge in [-0.3, -0.25) is 0 Å². The van der Waals surface area contributed by atoms with Crippen molar-refractivity contribution < 1.29 is 0 Å². The summed E-state index contributed by atoms with van der Waals surface area (Å²) >= 11 is 0. The van der Waals surface area contributed by atoms with E-state index in [4.69, 9.17) is 0 Å². The van der Waals surface area contributed by atoms with E-state index < -0.39 is 0 Å². The maximum atomic E-state index is 3.36. The van der Waals surface area contributed by atoms with Gasteiger partial charge in [-0.05, 0) is 17.5 Å². The Labute approximate surface area is 104 Å². The quantitative estimate of drug-likeness (QED) is 0.664. The zero-order valence-corrected chi connectivity index (χ0v) is 10.0. The fraction of sp³-hybridized carbons (Fsp3) is 0.0588. The summed E-state index contributed by atoms with van der Waals surface area (Å²) in [5, 5.41) is 0. The standard InChI is InChI=1S/C13H12.C4H6/c1-3-7-12(8-4-1)11-13-9-5-2-6-10-13;1-3-4-2/h1-10H,11H2;3-4H,1-2H2. The van der Waals surface area contributed by atoms with Gasteiger partial charge in [-0.1, -0.05) is 86.0 Å². The lowest BCUT2D eigenvalue weighted by atomic mass is 10.1. The zero-order chi connectivity index (χ0) is 12.3. The molecule has 0 heteroatoms. The number of benzene rings is 2. The third-order valence-corrected chi connectivity index (χ3v) is 2.26. The van der Waals surface area contributed by atoms with E-state index in [0.29, 0.717) is 0 Å². The first-order valence-electron chi connectivity index (χ1n) is 5.68. The van der Waals surface area contributed by atoms with Crippen molar-refractivity contribution in [2.45, 2.75) is 6.42 Å². The van der Waals surface area contributed by atoms with Gasteiger partial charge in [0.25, 0.3) is 0 Å². The van der Waals surface area contributed by atoms with Crippen molar-refractivity contribution in [2.75, 3.05) is 0 Å². The highest BCUT2D eigenvalue weighted by Crippen LogP contribution is 2.07. The minimum absolute atomic E-state index is 1.03. The van der Waals surface area contributed by atoms with Gasteiger partial charge in [-0.2, -0.15) is 0 Å². The second-order valence-corrected chi connectivity index (χ2v) is 3.62. The second kappa shape index (κ2) is 8.12. The van der Waals surface area contributed by atoms with E-state index in [2.05, 4.69) is 73.8 Å². The molecule has 0 N–H and O–H groups in total. The fourth-order valence-electron chi connectivity index (χ4n) is 1.43. The van der Waals surface area contributed by atoms with Crippen molar-refractivity contribution in [1.29, 1.82) is 0 Å². The van der Waals surface area contributed by atoms with Gasteiger partial charge in [0.15, 0.2) is 0 Å². The van der Waals surface area contributed by atoms with Crippen molar-refractivity contribution in [2.24, 2.45) is 0 Å². The first-order valence-corrected chi connectivity index (χ1v) is 5.68. The van der Waals surface area contributed by atoms with Crippen LogP contribution in [0.3, 0.4) is 0 Å². The van der Waals surface area contributed by atoms with Crippen LogP contribution in [0.5, 0.6) is 0 Å². The summed E-state index contributed by atoms with van der Waals surface area (Å²) in [5.41, 5.74) is 2.74. The molecular weight excluding hydrogens is 204 g/mol. The molecule has 0 unspecified atom stereocenters. The monoisotopic (exact) mass is 222 g/mol. The number of hydrogen-bond acceptors (Lipinski definition) is 0. The normalized spacial score (nSPS) is 8.71. The molecule has 2 rings (SSSR count). The molecule has 0 atom stereocenters. The molecule has 0 radical (unpaired) electrons. The van der Waals surface area contributed by atoms with Crippen LogP contribution in [0, 0.1) is 0 Å². The predicted octanol–water partition coefficient (Wildman–Crippen LogP) is 4.64. The molecule has 0 aliphatic carbocycles. The molecule has 0 amide bonds. The Bertz CT molecular complexity index is 383. The molecule has 0 aliphatic rings. The fourth-order valence-corrected chi connectivity index (χ4v) is 1.43. The van der Waals surface area contributed by atoms with Crippen LogP contribution in [-0.2, 0) is 6.42 Å². The Hall–Kier alpha value is -2.08. The molecule has 0 saturated heterocycles. The number of rotatable bonds is 3. The maximum Gasteiger partial charge on any atom is -0.00258 e. The van der Waals surface area contributed by atoms with Crippen LogP contribution < -0.4 is 0 Å². The van der Waals surface area contributed by atoms with Crippen LogP contribution in [0.2, 0.25) is 0 Å². The molecular formula is C17H18. The largest absolute Gasteiger partial charge is 0.0991 e. The van der Waals surface area contributed by atoms with E-state index in [9.17, 15) is 0 Å². The van der Waals surface area contributed by atoms with E-state index in [1.807, 2.05) is 0 Å². The lowest BCUT2D eigenvalue weighted by Crippen LogP contribution is -1.85. The molecule has 2 aromatic rings. The number of allylic oxidation sites excluding steroid dienone is 2. The highest BCUT2D eigenvalue weighted by atomic mass is 14.0. The Morgan fingerprint density at radius 3 is 1.29 bits per heavy atom. The summed E-state index contributed by atoms with van der Waals surface area (Å²) in [5.74, 6) is 0. The summed E-state index contributed by atoms with van der Waals surface area (Å²) in [6.07, 6.45) is 4.31. The van der Waals surface area contributed by atoms with Crippen molar-refractivity contribution in [3.63, 3.8) is 0 Å². The van der Waals surface area contributed by atoms with Crippen LogP contribution in [0.4, 0.5) is 0 Å². The first-order chi connectivity index (χ1) is 8.36. The van der Waals surface area contributed by atoms with E-state index in [0.717, 1.165) is 6.42 Å². The zero-order valence-electron chi connectivity index (χ0n) is 10.0. The predicted molar refractivity (Wildman–Crippen MR) is 76.1 cm³/mol. The lowest BCUT2D eigenvalue weighted by Gasteiger charge is -2.00. The second-order valence-electron chi connectivity index (χ2n) is 3.62. The van der Waals surface area contributed by atoms with Crippen LogP contribution in [-0.4, -0.2) is 0 Å². The van der Waals surface area contributed by atoms with Crippen molar-refractivity contribution in [1.82, 2.24) is 0 Å². The molecule has 0 bridgehead atoms. The molecule has 0 nitrogen and oxygen atoms in total. The van der Waals surface area contributed by atoms with Gasteiger partial charge in [0.1, 0.15) is 0 Å². The summed E-state index contributed by atoms with van der Waals surface area (Å²) in [4.78, 5) is 0. The average Bonchev–Trinajstić information content (AvgIpc) is 2.41. The lowest BCUT2D eigenvalue weighted by molar-refractivity contribution is 1.19. The summed E-state index contributed by atoms with van der Waals surface area (Å²) in [6.45, 7) is 6.72. The van der Waals surface area contributed by atoms with Crippen LogP contribution >= 0.6 is 0 Å². The van der Waals surface area contributed by atoms with E-state index >= 15 is 0 Å². The van der Waals surface area contributed by atoms with Crippen molar-refractivity contribution >= 4 is 0 Å². The maximum absolute atomic E-state index is 3.36. The van der Waals surface area contributed by atoms with Gasteiger partial charge in [0, 0.05) is 0 Å². The van der Waals surface area contributed by atoms with Crippen molar-refractivity contribution in [3.8, 4) is 0 Å². The smallest absolute Gasteiger partial charge is 0.00258 e. The Morgan fingerprint density at radius 1 is 0.647 bits per heavy atom. The van der Waals surface area contributed by atoms with E-state index in [-0.39, 0.29) is 0 Å². The SMILES string of the molecule is C=CC=C.c1ccc(Cc2ccccc2)cc1. The van der Waals surface area contributed by atoms with Gasteiger partial charge in [0.2, 0.25) is 0 Å². The Balaban J connectivity index is 0.000000317. The molecule has 2 aromatic carbocycles. The van der Waals surface area contributed by atoms with Gasteiger partial charge in [-0.25, -0.2) is 0 Å². The molecule has 86 valence electrons. The molecule has 0 aliphatic heterocycles. The molecule has 0 heterocycles. The summed E-state index contributed by atoms with van der Waals surface area (Å²) in [6, 6.07) is 21.1. The minimum Gasteiger partial charge on any atom is -0.0991 e. The molecule has 0 saturated carbocycles. The molecule has 0 aromatic heterocycles. The first kappa shape index (κ1) is 13.0. The van der Waals surface area contributed by atoms with Gasteiger partial charge in [0.05, 0.1) is 0 Å². The minimum atomic E-state index is 1.03.